The van der Waals surface area contributed by atoms with Gasteiger partial charge in [-0.1, -0.05) is 6.07 Å². The topological polar surface area (TPSA) is 84.2 Å². The van der Waals surface area contributed by atoms with E-state index in [2.05, 4.69) is 10.6 Å². The third-order valence-electron chi connectivity index (χ3n) is 3.48. The van der Waals surface area contributed by atoms with Crippen molar-refractivity contribution in [1.29, 1.82) is 0 Å². The molecule has 1 aromatic carbocycles. The molecule has 108 valence electrons. The van der Waals surface area contributed by atoms with Crippen molar-refractivity contribution in [3.05, 3.63) is 29.3 Å². The molecule has 0 saturated heterocycles. The molecule has 2 amide bonds. The van der Waals surface area contributed by atoms with Crippen molar-refractivity contribution in [2.75, 3.05) is 18.4 Å². The number of unbranched alkanes of at least 4 members (excludes halogenated alkanes) is 1. The van der Waals surface area contributed by atoms with Gasteiger partial charge in [-0.05, 0) is 43.4 Å². The Morgan fingerprint density at radius 1 is 1.30 bits per heavy atom. The Hall–Kier alpha value is -2.04. The highest BCUT2D eigenvalue weighted by Crippen LogP contribution is 2.25. The molecular weight excluding hydrogens is 254 g/mol. The molecule has 0 aromatic heterocycles. The van der Waals surface area contributed by atoms with Crippen LogP contribution in [-0.2, 0) is 11.2 Å². The minimum Gasteiger partial charge on any atom is -0.385 e. The van der Waals surface area contributed by atoms with E-state index < -0.39 is 0 Å². The molecule has 0 saturated carbocycles. The number of nitrogens with two attached hydrogens (primary N) is 1. The van der Waals surface area contributed by atoms with Gasteiger partial charge in [0.2, 0.25) is 5.91 Å². The smallest absolute Gasteiger partial charge is 0.251 e. The summed E-state index contributed by atoms with van der Waals surface area (Å²) >= 11 is 0. The normalized spacial score (nSPS) is 13.2. The fourth-order valence-electron chi connectivity index (χ4n) is 2.44. The van der Waals surface area contributed by atoms with E-state index in [1.807, 2.05) is 18.2 Å². The number of fused-ring (bicyclic) bond motifs is 1. The van der Waals surface area contributed by atoms with Crippen LogP contribution in [0.4, 0.5) is 5.69 Å². The predicted molar refractivity (Wildman–Crippen MR) is 78.6 cm³/mol. The Morgan fingerprint density at radius 3 is 2.95 bits per heavy atom. The summed E-state index contributed by atoms with van der Waals surface area (Å²) in [5, 5.41) is 6.22. The van der Waals surface area contributed by atoms with Crippen molar-refractivity contribution < 1.29 is 9.59 Å². The van der Waals surface area contributed by atoms with Crippen LogP contribution in [0.25, 0.3) is 0 Å². The molecular formula is C15H21N3O2. The fraction of sp³-hybridized carbons (Fsp3) is 0.467. The second-order valence-electron chi connectivity index (χ2n) is 5.04. The number of benzene rings is 1. The maximum Gasteiger partial charge on any atom is 0.251 e. The SMILES string of the molecule is NC(=O)CCCCNC(=O)c1cccc2c1CCCN2. The average molecular weight is 275 g/mol. The molecule has 0 spiro atoms. The van der Waals surface area contributed by atoms with Gasteiger partial charge in [0.1, 0.15) is 0 Å². The molecule has 5 heteroatoms. The summed E-state index contributed by atoms with van der Waals surface area (Å²) in [5.74, 6) is -0.329. The van der Waals surface area contributed by atoms with Crippen molar-refractivity contribution in [2.24, 2.45) is 5.73 Å². The molecule has 0 unspecified atom stereocenters. The lowest BCUT2D eigenvalue weighted by molar-refractivity contribution is -0.118. The maximum atomic E-state index is 12.2. The maximum absolute atomic E-state index is 12.2. The van der Waals surface area contributed by atoms with E-state index in [0.29, 0.717) is 19.4 Å². The van der Waals surface area contributed by atoms with Gasteiger partial charge in [0.25, 0.3) is 5.91 Å². The van der Waals surface area contributed by atoms with Gasteiger partial charge >= 0.3 is 0 Å². The lowest BCUT2D eigenvalue weighted by Gasteiger charge is -2.20. The van der Waals surface area contributed by atoms with E-state index in [-0.39, 0.29) is 11.8 Å². The van der Waals surface area contributed by atoms with Crippen LogP contribution in [0.5, 0.6) is 0 Å². The van der Waals surface area contributed by atoms with Crippen LogP contribution < -0.4 is 16.4 Å². The number of carbonyl (C=O) groups is 2. The van der Waals surface area contributed by atoms with Crippen LogP contribution in [0.1, 0.15) is 41.6 Å². The quantitative estimate of drug-likeness (QED) is 0.687. The minimum absolute atomic E-state index is 0.0374. The van der Waals surface area contributed by atoms with E-state index >= 15 is 0 Å². The Balaban J connectivity index is 1.88. The van der Waals surface area contributed by atoms with Crippen molar-refractivity contribution in [1.82, 2.24) is 5.32 Å². The average Bonchev–Trinajstić information content (AvgIpc) is 2.45. The number of anilines is 1. The van der Waals surface area contributed by atoms with Gasteiger partial charge in [0.15, 0.2) is 0 Å². The van der Waals surface area contributed by atoms with E-state index in [1.54, 1.807) is 0 Å². The number of nitrogens with one attached hydrogen (secondary N) is 2. The zero-order valence-corrected chi connectivity index (χ0v) is 11.6. The molecule has 0 atom stereocenters. The van der Waals surface area contributed by atoms with E-state index in [1.165, 1.54) is 0 Å². The first-order valence-corrected chi connectivity index (χ1v) is 7.11. The van der Waals surface area contributed by atoms with Crippen LogP contribution in [0, 0.1) is 0 Å². The van der Waals surface area contributed by atoms with Crippen LogP contribution in [0.2, 0.25) is 0 Å². The monoisotopic (exact) mass is 275 g/mol. The molecule has 0 bridgehead atoms. The molecule has 1 heterocycles. The third-order valence-corrected chi connectivity index (χ3v) is 3.48. The van der Waals surface area contributed by atoms with Crippen LogP contribution in [0.15, 0.2) is 18.2 Å². The molecule has 0 radical (unpaired) electrons. The summed E-state index contributed by atoms with van der Waals surface area (Å²) in [6, 6.07) is 5.78. The Morgan fingerprint density at radius 2 is 2.15 bits per heavy atom. The molecule has 5 nitrogen and oxygen atoms in total. The summed E-state index contributed by atoms with van der Waals surface area (Å²) in [7, 11) is 0. The summed E-state index contributed by atoms with van der Waals surface area (Å²) in [6.45, 7) is 1.54. The number of hydrogen-bond acceptors (Lipinski definition) is 3. The van der Waals surface area contributed by atoms with Crippen molar-refractivity contribution in [3.63, 3.8) is 0 Å². The Labute approximate surface area is 118 Å². The molecule has 1 aliphatic rings. The molecule has 0 fully saturated rings. The number of amides is 2. The van der Waals surface area contributed by atoms with Crippen LogP contribution >= 0.6 is 0 Å². The number of primary amides is 1. The molecule has 0 aliphatic carbocycles. The standard InChI is InChI=1S/C15H21N3O2/c16-14(19)8-1-2-9-18-15(20)12-5-3-7-13-11(12)6-4-10-17-13/h3,5,7,17H,1-2,4,6,8-10H2,(H2,16,19)(H,18,20). The zero-order valence-electron chi connectivity index (χ0n) is 11.6. The van der Waals surface area contributed by atoms with Gasteiger partial charge in [-0.15, -0.1) is 0 Å². The summed E-state index contributed by atoms with van der Waals surface area (Å²) in [6.07, 6.45) is 3.84. The lowest BCUT2D eigenvalue weighted by Crippen LogP contribution is -2.27. The van der Waals surface area contributed by atoms with Gasteiger partial charge in [0, 0.05) is 30.8 Å². The summed E-state index contributed by atoms with van der Waals surface area (Å²) in [5.41, 5.74) is 8.00. The largest absolute Gasteiger partial charge is 0.385 e. The highest BCUT2D eigenvalue weighted by molar-refractivity contribution is 5.97. The second kappa shape index (κ2) is 6.93. The third kappa shape index (κ3) is 3.73. The summed E-state index contributed by atoms with van der Waals surface area (Å²) < 4.78 is 0. The second-order valence-corrected chi connectivity index (χ2v) is 5.04. The lowest BCUT2D eigenvalue weighted by atomic mass is 9.97. The van der Waals surface area contributed by atoms with E-state index in [0.717, 1.165) is 42.6 Å². The first-order valence-electron chi connectivity index (χ1n) is 7.11. The molecule has 1 aliphatic heterocycles. The van der Waals surface area contributed by atoms with Gasteiger partial charge in [0.05, 0.1) is 0 Å². The van der Waals surface area contributed by atoms with Gasteiger partial charge in [-0.3, -0.25) is 9.59 Å². The number of carbonyl (C=O) groups excluding carboxylic acids is 2. The molecule has 20 heavy (non-hydrogen) atoms. The number of rotatable bonds is 6. The fourth-order valence-corrected chi connectivity index (χ4v) is 2.44. The van der Waals surface area contributed by atoms with Crippen molar-refractivity contribution in [2.45, 2.75) is 32.1 Å². The molecule has 1 aromatic rings. The van der Waals surface area contributed by atoms with Crippen LogP contribution in [0.3, 0.4) is 0 Å². The van der Waals surface area contributed by atoms with Crippen molar-refractivity contribution >= 4 is 17.5 Å². The van der Waals surface area contributed by atoms with Gasteiger partial charge in [-0.25, -0.2) is 0 Å². The highest BCUT2D eigenvalue weighted by Gasteiger charge is 2.16. The predicted octanol–water partition coefficient (Wildman–Crippen LogP) is 1.43. The first kappa shape index (κ1) is 14.4. The zero-order chi connectivity index (χ0) is 14.4. The van der Waals surface area contributed by atoms with Gasteiger partial charge < -0.3 is 16.4 Å². The highest BCUT2D eigenvalue weighted by atomic mass is 16.2. The van der Waals surface area contributed by atoms with Crippen LogP contribution in [-0.4, -0.2) is 24.9 Å². The minimum atomic E-state index is -0.292. The Bertz CT molecular complexity index is 500. The number of hydrogen-bond donors (Lipinski definition) is 3. The molecule has 2 rings (SSSR count). The van der Waals surface area contributed by atoms with E-state index in [9.17, 15) is 9.59 Å². The Kier molecular flexibility index (Phi) is 4.98. The summed E-state index contributed by atoms with van der Waals surface area (Å²) in [4.78, 5) is 22.8. The molecule has 4 N–H and O–H groups in total. The van der Waals surface area contributed by atoms with Gasteiger partial charge in [-0.2, -0.15) is 0 Å². The first-order chi connectivity index (χ1) is 9.68. The van der Waals surface area contributed by atoms with E-state index in [4.69, 9.17) is 5.73 Å². The van der Waals surface area contributed by atoms with Crippen molar-refractivity contribution in [3.8, 4) is 0 Å².